The molecule has 0 radical (unpaired) electrons. The van der Waals surface area contributed by atoms with Crippen LogP contribution in [0.15, 0.2) is 0 Å². The molecule has 3 N–H and O–H groups in total. The van der Waals surface area contributed by atoms with Crippen LogP contribution in [0, 0.1) is 0 Å². The minimum atomic E-state index is -0.956. The molecule has 1 fully saturated rings. The van der Waals surface area contributed by atoms with Gasteiger partial charge >= 0.3 is 5.97 Å². The Morgan fingerprint density at radius 1 is 1.79 bits per heavy atom. The van der Waals surface area contributed by atoms with Gasteiger partial charge in [-0.1, -0.05) is 6.92 Å². The summed E-state index contributed by atoms with van der Waals surface area (Å²) < 4.78 is 5.45. The number of carboxylic acid groups (broad SMARTS) is 1. The number of hydrogen-bond acceptors (Lipinski definition) is 4. The highest BCUT2D eigenvalue weighted by Gasteiger charge is 2.24. The number of nitrogens with zero attached hydrogens (tertiary/aromatic N) is 1. The first kappa shape index (κ1) is 11.4. The number of rotatable bonds is 4. The Bertz CT molecular complexity index is 198. The van der Waals surface area contributed by atoms with Crippen LogP contribution in [0.2, 0.25) is 0 Å². The average Bonchev–Trinajstić information content (AvgIpc) is 2.18. The third kappa shape index (κ3) is 3.25. The SMILES string of the molecule is CCN1CCOC(CC(N)C(=O)O)C1. The predicted octanol–water partition coefficient (Wildman–Crippen LogP) is -0.491. The van der Waals surface area contributed by atoms with E-state index in [9.17, 15) is 4.79 Å². The first-order chi connectivity index (χ1) is 6.63. The van der Waals surface area contributed by atoms with Crippen molar-refractivity contribution in [3.8, 4) is 0 Å². The van der Waals surface area contributed by atoms with Crippen LogP contribution in [0.25, 0.3) is 0 Å². The molecule has 1 rings (SSSR count). The summed E-state index contributed by atoms with van der Waals surface area (Å²) in [6.45, 7) is 5.44. The van der Waals surface area contributed by atoms with Crippen molar-refractivity contribution in [3.63, 3.8) is 0 Å². The molecule has 0 bridgehead atoms. The van der Waals surface area contributed by atoms with E-state index in [0.29, 0.717) is 13.0 Å². The largest absolute Gasteiger partial charge is 0.480 e. The van der Waals surface area contributed by atoms with Crippen molar-refractivity contribution in [2.75, 3.05) is 26.2 Å². The Morgan fingerprint density at radius 2 is 2.50 bits per heavy atom. The second kappa shape index (κ2) is 5.29. The van der Waals surface area contributed by atoms with E-state index in [0.717, 1.165) is 19.6 Å². The maximum absolute atomic E-state index is 10.5. The standard InChI is InChI=1S/C9H18N2O3/c1-2-11-3-4-14-7(6-11)5-8(10)9(12)13/h7-8H,2-6,10H2,1H3,(H,12,13). The van der Waals surface area contributed by atoms with Gasteiger partial charge in [0.25, 0.3) is 0 Å². The van der Waals surface area contributed by atoms with Crippen LogP contribution >= 0.6 is 0 Å². The fourth-order valence-electron chi connectivity index (χ4n) is 1.59. The Morgan fingerprint density at radius 3 is 3.07 bits per heavy atom. The monoisotopic (exact) mass is 202 g/mol. The number of ether oxygens (including phenoxy) is 1. The smallest absolute Gasteiger partial charge is 0.320 e. The van der Waals surface area contributed by atoms with Crippen LogP contribution < -0.4 is 5.73 Å². The highest BCUT2D eigenvalue weighted by atomic mass is 16.5. The summed E-state index contributed by atoms with van der Waals surface area (Å²) in [5.74, 6) is -0.956. The summed E-state index contributed by atoms with van der Waals surface area (Å²) in [6, 6.07) is -0.809. The van der Waals surface area contributed by atoms with Gasteiger partial charge in [0.05, 0.1) is 12.7 Å². The molecular weight excluding hydrogens is 184 g/mol. The number of morpholine rings is 1. The minimum absolute atomic E-state index is 0.0326. The Labute approximate surface area is 83.8 Å². The Kier molecular flexibility index (Phi) is 4.31. The number of hydrogen-bond donors (Lipinski definition) is 2. The molecule has 0 amide bonds. The van der Waals surface area contributed by atoms with Crippen LogP contribution in [0.5, 0.6) is 0 Å². The second-order valence-electron chi connectivity index (χ2n) is 3.57. The molecule has 0 saturated carbocycles. The zero-order valence-corrected chi connectivity index (χ0v) is 8.48. The lowest BCUT2D eigenvalue weighted by Gasteiger charge is -2.32. The van der Waals surface area contributed by atoms with Crippen molar-refractivity contribution in [1.29, 1.82) is 0 Å². The minimum Gasteiger partial charge on any atom is -0.480 e. The molecule has 0 aliphatic carbocycles. The maximum Gasteiger partial charge on any atom is 0.320 e. The van der Waals surface area contributed by atoms with Crippen molar-refractivity contribution in [2.45, 2.75) is 25.5 Å². The van der Waals surface area contributed by atoms with Crippen LogP contribution in [0.3, 0.4) is 0 Å². The van der Waals surface area contributed by atoms with E-state index in [1.54, 1.807) is 0 Å². The van der Waals surface area contributed by atoms with Gasteiger partial charge in [0.1, 0.15) is 6.04 Å². The molecule has 1 heterocycles. The van der Waals surface area contributed by atoms with E-state index >= 15 is 0 Å². The molecule has 1 saturated heterocycles. The first-order valence-corrected chi connectivity index (χ1v) is 4.95. The fourth-order valence-corrected chi connectivity index (χ4v) is 1.59. The summed E-state index contributed by atoms with van der Waals surface area (Å²) >= 11 is 0. The summed E-state index contributed by atoms with van der Waals surface area (Å²) in [5.41, 5.74) is 5.44. The van der Waals surface area contributed by atoms with E-state index in [4.69, 9.17) is 15.6 Å². The molecule has 1 aliphatic heterocycles. The van der Waals surface area contributed by atoms with Crippen molar-refractivity contribution in [3.05, 3.63) is 0 Å². The van der Waals surface area contributed by atoms with Crippen molar-refractivity contribution >= 4 is 5.97 Å². The molecule has 0 aromatic rings. The Hall–Kier alpha value is -0.650. The van der Waals surface area contributed by atoms with Gasteiger partial charge in [-0.2, -0.15) is 0 Å². The molecule has 5 nitrogen and oxygen atoms in total. The number of carbonyl (C=O) groups is 1. The number of likely N-dealkylation sites (N-methyl/N-ethyl adjacent to an activating group) is 1. The third-order valence-electron chi connectivity index (χ3n) is 2.50. The van der Waals surface area contributed by atoms with Crippen molar-refractivity contribution in [2.24, 2.45) is 5.73 Å². The van der Waals surface area contributed by atoms with Gasteiger partial charge in [0.15, 0.2) is 0 Å². The van der Waals surface area contributed by atoms with E-state index in [1.807, 2.05) is 0 Å². The molecule has 2 unspecified atom stereocenters. The van der Waals surface area contributed by atoms with E-state index in [1.165, 1.54) is 0 Å². The van der Waals surface area contributed by atoms with Crippen LogP contribution in [-0.4, -0.2) is 54.4 Å². The summed E-state index contributed by atoms with van der Waals surface area (Å²) in [4.78, 5) is 12.8. The predicted molar refractivity (Wildman–Crippen MR) is 52.1 cm³/mol. The normalized spacial score (nSPS) is 26.0. The summed E-state index contributed by atoms with van der Waals surface area (Å²) in [5, 5.41) is 8.64. The highest BCUT2D eigenvalue weighted by molar-refractivity contribution is 5.73. The highest BCUT2D eigenvalue weighted by Crippen LogP contribution is 2.09. The van der Waals surface area contributed by atoms with Crippen LogP contribution in [0.4, 0.5) is 0 Å². The fraction of sp³-hybridized carbons (Fsp3) is 0.889. The molecule has 0 aromatic carbocycles. The second-order valence-corrected chi connectivity index (χ2v) is 3.57. The third-order valence-corrected chi connectivity index (χ3v) is 2.50. The molecular formula is C9H18N2O3. The Balaban J connectivity index is 2.33. The van der Waals surface area contributed by atoms with E-state index < -0.39 is 12.0 Å². The van der Waals surface area contributed by atoms with Gasteiger partial charge in [-0.3, -0.25) is 9.69 Å². The average molecular weight is 202 g/mol. The van der Waals surface area contributed by atoms with Crippen LogP contribution in [-0.2, 0) is 9.53 Å². The zero-order chi connectivity index (χ0) is 10.6. The lowest BCUT2D eigenvalue weighted by molar-refractivity contribution is -0.140. The van der Waals surface area contributed by atoms with Gasteiger partial charge in [-0.15, -0.1) is 0 Å². The van der Waals surface area contributed by atoms with Gasteiger partial charge in [-0.25, -0.2) is 0 Å². The molecule has 2 atom stereocenters. The van der Waals surface area contributed by atoms with Gasteiger partial charge in [0.2, 0.25) is 0 Å². The van der Waals surface area contributed by atoms with Crippen molar-refractivity contribution < 1.29 is 14.6 Å². The molecule has 14 heavy (non-hydrogen) atoms. The summed E-state index contributed by atoms with van der Waals surface area (Å²) in [6.07, 6.45) is 0.362. The van der Waals surface area contributed by atoms with Crippen molar-refractivity contribution in [1.82, 2.24) is 4.90 Å². The lowest BCUT2D eigenvalue weighted by atomic mass is 10.1. The molecule has 82 valence electrons. The van der Waals surface area contributed by atoms with E-state index in [-0.39, 0.29) is 6.10 Å². The molecule has 1 aliphatic rings. The topological polar surface area (TPSA) is 75.8 Å². The van der Waals surface area contributed by atoms with Gasteiger partial charge in [0, 0.05) is 19.5 Å². The van der Waals surface area contributed by atoms with Gasteiger partial charge < -0.3 is 15.6 Å². The molecule has 0 aromatic heterocycles. The zero-order valence-electron chi connectivity index (χ0n) is 8.48. The maximum atomic E-state index is 10.5. The number of nitrogens with two attached hydrogens (primary N) is 1. The quantitative estimate of drug-likeness (QED) is 0.643. The van der Waals surface area contributed by atoms with Crippen LogP contribution in [0.1, 0.15) is 13.3 Å². The number of carboxylic acids is 1. The van der Waals surface area contributed by atoms with Gasteiger partial charge in [-0.05, 0) is 6.54 Å². The summed E-state index contributed by atoms with van der Waals surface area (Å²) in [7, 11) is 0. The molecule has 5 heteroatoms. The number of aliphatic carboxylic acids is 1. The first-order valence-electron chi connectivity index (χ1n) is 4.95. The molecule has 0 spiro atoms. The van der Waals surface area contributed by atoms with E-state index in [2.05, 4.69) is 11.8 Å². The lowest BCUT2D eigenvalue weighted by Crippen LogP contribution is -2.45.